The molecule has 0 aromatic carbocycles. The summed E-state index contributed by atoms with van der Waals surface area (Å²) in [6, 6.07) is 3.82. The molecular weight excluding hydrogens is 283 g/mol. The highest BCUT2D eigenvalue weighted by atomic mass is 19.4. The van der Waals surface area contributed by atoms with E-state index in [2.05, 4.69) is 19.7 Å². The summed E-state index contributed by atoms with van der Waals surface area (Å²) in [5.74, 6) is 0.754. The number of aromatic nitrogens is 3. The van der Waals surface area contributed by atoms with Crippen LogP contribution in [0.15, 0.2) is 30.7 Å². The molecule has 1 aliphatic rings. The van der Waals surface area contributed by atoms with Crippen LogP contribution in [0.4, 0.5) is 13.2 Å². The summed E-state index contributed by atoms with van der Waals surface area (Å²) < 4.78 is 40.1. The fourth-order valence-corrected chi connectivity index (χ4v) is 2.46. The second-order valence-corrected chi connectivity index (χ2v) is 5.16. The van der Waals surface area contributed by atoms with Crippen LogP contribution < -0.4 is 0 Å². The Morgan fingerprint density at radius 3 is 2.62 bits per heavy atom. The van der Waals surface area contributed by atoms with Gasteiger partial charge in [0, 0.05) is 30.9 Å². The second kappa shape index (κ2) is 5.48. The van der Waals surface area contributed by atoms with E-state index in [1.54, 1.807) is 18.6 Å². The Kier molecular flexibility index (Phi) is 3.67. The summed E-state index contributed by atoms with van der Waals surface area (Å²) in [6.45, 7) is 0. The van der Waals surface area contributed by atoms with Crippen molar-refractivity contribution < 1.29 is 17.9 Å². The highest BCUT2D eigenvalue weighted by molar-refractivity contribution is 5.19. The molecule has 0 amide bonds. The third kappa shape index (κ3) is 3.60. The van der Waals surface area contributed by atoms with Crippen LogP contribution >= 0.6 is 0 Å². The van der Waals surface area contributed by atoms with Crippen LogP contribution in [-0.4, -0.2) is 27.4 Å². The number of aromatic amines is 1. The lowest BCUT2D eigenvalue weighted by molar-refractivity contribution is -0.352. The first-order valence-corrected chi connectivity index (χ1v) is 6.67. The van der Waals surface area contributed by atoms with Gasteiger partial charge in [0.05, 0.1) is 11.8 Å². The van der Waals surface area contributed by atoms with E-state index in [4.69, 9.17) is 0 Å². The van der Waals surface area contributed by atoms with E-state index in [0.29, 0.717) is 19.3 Å². The highest BCUT2D eigenvalue weighted by Crippen LogP contribution is 2.40. The Labute approximate surface area is 119 Å². The van der Waals surface area contributed by atoms with E-state index in [1.165, 1.54) is 0 Å². The molecule has 3 rings (SSSR count). The average molecular weight is 297 g/mol. The van der Waals surface area contributed by atoms with Gasteiger partial charge in [0.25, 0.3) is 0 Å². The summed E-state index contributed by atoms with van der Waals surface area (Å²) in [5, 5.41) is 0. The number of H-pyrrole nitrogens is 1. The van der Waals surface area contributed by atoms with Crippen molar-refractivity contribution >= 4 is 0 Å². The topological polar surface area (TPSA) is 50.8 Å². The number of halogens is 3. The molecule has 1 aliphatic carbocycles. The monoisotopic (exact) mass is 297 g/mol. The summed E-state index contributed by atoms with van der Waals surface area (Å²) in [4.78, 5) is 11.4. The van der Waals surface area contributed by atoms with Crippen molar-refractivity contribution in [2.45, 2.75) is 37.6 Å². The van der Waals surface area contributed by atoms with Crippen molar-refractivity contribution in [3.05, 3.63) is 47.8 Å². The molecule has 2 heterocycles. The molecule has 1 N–H and O–H groups in total. The standard InChI is InChI=1S/C14H14F3N3O/c15-14(16,17)21-12-6-10(7-12)13-19-8-11(20-13)5-9-1-3-18-4-2-9/h1-4,8,10,12H,5-7H2,(H,19,20)/t10-,12+. The first kappa shape index (κ1) is 14.1. The van der Waals surface area contributed by atoms with Gasteiger partial charge in [0.2, 0.25) is 0 Å². The molecule has 0 atom stereocenters. The normalized spacial score (nSPS) is 22.0. The molecule has 0 unspecified atom stereocenters. The molecule has 1 saturated carbocycles. The molecule has 0 spiro atoms. The molecule has 0 saturated heterocycles. The first-order chi connectivity index (χ1) is 9.99. The largest absolute Gasteiger partial charge is 0.522 e. The summed E-state index contributed by atoms with van der Waals surface area (Å²) >= 11 is 0. The van der Waals surface area contributed by atoms with Crippen LogP contribution in [0, 0.1) is 0 Å². The van der Waals surface area contributed by atoms with Crippen molar-refractivity contribution in [1.82, 2.24) is 15.0 Å². The number of hydrogen-bond acceptors (Lipinski definition) is 3. The summed E-state index contributed by atoms with van der Waals surface area (Å²) in [6.07, 6.45) is 1.31. The highest BCUT2D eigenvalue weighted by Gasteiger charge is 2.41. The zero-order chi connectivity index (χ0) is 14.9. The predicted octanol–water partition coefficient (Wildman–Crippen LogP) is 3.18. The van der Waals surface area contributed by atoms with Crippen molar-refractivity contribution in [2.24, 2.45) is 0 Å². The van der Waals surface area contributed by atoms with Gasteiger partial charge in [-0.3, -0.25) is 9.72 Å². The number of imidazole rings is 1. The molecule has 7 heteroatoms. The molecular formula is C14H14F3N3O. The maximum Gasteiger partial charge on any atom is 0.522 e. The lowest BCUT2D eigenvalue weighted by Gasteiger charge is -2.33. The minimum atomic E-state index is -4.55. The van der Waals surface area contributed by atoms with Gasteiger partial charge in [-0.2, -0.15) is 0 Å². The number of nitrogens with zero attached hydrogens (tertiary/aromatic N) is 2. The molecule has 21 heavy (non-hydrogen) atoms. The zero-order valence-corrected chi connectivity index (χ0v) is 11.1. The Bertz CT molecular complexity index is 591. The van der Waals surface area contributed by atoms with E-state index >= 15 is 0 Å². The van der Waals surface area contributed by atoms with Gasteiger partial charge >= 0.3 is 6.36 Å². The maximum atomic E-state index is 12.1. The molecule has 0 aliphatic heterocycles. The summed E-state index contributed by atoms with van der Waals surface area (Å²) in [5.41, 5.74) is 1.96. The number of nitrogens with one attached hydrogen (secondary N) is 1. The van der Waals surface area contributed by atoms with Gasteiger partial charge in [-0.15, -0.1) is 13.2 Å². The van der Waals surface area contributed by atoms with E-state index < -0.39 is 12.5 Å². The fraction of sp³-hybridized carbons (Fsp3) is 0.429. The Morgan fingerprint density at radius 2 is 1.95 bits per heavy atom. The SMILES string of the molecule is FC(F)(F)O[C@H]1C[C@@H](c2nc(Cc3ccncc3)c[nH]2)C1. The molecule has 0 radical (unpaired) electrons. The van der Waals surface area contributed by atoms with Crippen LogP contribution in [0.5, 0.6) is 0 Å². The minimum absolute atomic E-state index is 0.0172. The van der Waals surface area contributed by atoms with Gasteiger partial charge in [-0.1, -0.05) is 0 Å². The van der Waals surface area contributed by atoms with Crippen LogP contribution in [0.2, 0.25) is 0 Å². The van der Waals surface area contributed by atoms with Gasteiger partial charge < -0.3 is 4.98 Å². The number of ether oxygens (including phenoxy) is 1. The van der Waals surface area contributed by atoms with Crippen molar-refractivity contribution in [1.29, 1.82) is 0 Å². The lowest BCUT2D eigenvalue weighted by atomic mass is 9.82. The van der Waals surface area contributed by atoms with E-state index in [0.717, 1.165) is 17.1 Å². The van der Waals surface area contributed by atoms with Crippen LogP contribution in [0.3, 0.4) is 0 Å². The van der Waals surface area contributed by atoms with Gasteiger partial charge in [0.1, 0.15) is 5.82 Å². The van der Waals surface area contributed by atoms with Gasteiger partial charge in [-0.05, 0) is 30.5 Å². The number of alkyl halides is 3. The second-order valence-electron chi connectivity index (χ2n) is 5.16. The van der Waals surface area contributed by atoms with Gasteiger partial charge in [-0.25, -0.2) is 4.98 Å². The Morgan fingerprint density at radius 1 is 1.24 bits per heavy atom. The molecule has 4 nitrogen and oxygen atoms in total. The third-order valence-electron chi connectivity index (χ3n) is 3.57. The van der Waals surface area contributed by atoms with E-state index in [-0.39, 0.29) is 5.92 Å². The fourth-order valence-electron chi connectivity index (χ4n) is 2.46. The average Bonchev–Trinajstić information content (AvgIpc) is 2.81. The maximum absolute atomic E-state index is 12.1. The lowest BCUT2D eigenvalue weighted by Crippen LogP contribution is -2.35. The Balaban J connectivity index is 1.55. The van der Waals surface area contributed by atoms with Crippen LogP contribution in [0.1, 0.15) is 35.8 Å². The zero-order valence-electron chi connectivity index (χ0n) is 11.1. The predicted molar refractivity (Wildman–Crippen MR) is 68.5 cm³/mol. The van der Waals surface area contributed by atoms with E-state index in [1.807, 2.05) is 12.1 Å². The van der Waals surface area contributed by atoms with E-state index in [9.17, 15) is 13.2 Å². The van der Waals surface area contributed by atoms with Crippen molar-refractivity contribution in [3.63, 3.8) is 0 Å². The number of pyridine rings is 1. The van der Waals surface area contributed by atoms with Crippen LogP contribution in [-0.2, 0) is 11.2 Å². The molecule has 1 fully saturated rings. The third-order valence-corrected chi connectivity index (χ3v) is 3.57. The molecule has 112 valence electrons. The molecule has 2 aromatic rings. The first-order valence-electron chi connectivity index (χ1n) is 6.67. The molecule has 2 aromatic heterocycles. The number of rotatable bonds is 4. The quantitative estimate of drug-likeness (QED) is 0.943. The smallest absolute Gasteiger partial charge is 0.348 e. The van der Waals surface area contributed by atoms with Crippen molar-refractivity contribution in [2.75, 3.05) is 0 Å². The summed E-state index contributed by atoms with van der Waals surface area (Å²) in [7, 11) is 0. The molecule has 0 bridgehead atoms. The van der Waals surface area contributed by atoms with Gasteiger partial charge in [0.15, 0.2) is 0 Å². The minimum Gasteiger partial charge on any atom is -0.348 e. The Hall–Kier alpha value is -1.89. The van der Waals surface area contributed by atoms with Crippen LogP contribution in [0.25, 0.3) is 0 Å². The number of hydrogen-bond donors (Lipinski definition) is 1. The van der Waals surface area contributed by atoms with Crippen molar-refractivity contribution in [3.8, 4) is 0 Å².